The van der Waals surface area contributed by atoms with Crippen molar-refractivity contribution in [3.63, 3.8) is 0 Å². The number of fused-ring (bicyclic) bond motifs is 1. The first-order chi connectivity index (χ1) is 20.0. The number of rotatable bonds is 11. The van der Waals surface area contributed by atoms with Gasteiger partial charge in [0.25, 0.3) is 11.8 Å². The highest BCUT2D eigenvalue weighted by atomic mass is 35.5. The summed E-state index contributed by atoms with van der Waals surface area (Å²) in [6, 6.07) is 24.9. The maximum absolute atomic E-state index is 13.6. The van der Waals surface area contributed by atoms with Crippen LogP contribution in [0, 0.1) is 0 Å². The molecule has 2 aliphatic rings. The zero-order valence-corrected chi connectivity index (χ0v) is 24.0. The van der Waals surface area contributed by atoms with Crippen LogP contribution < -0.4 is 0 Å². The minimum atomic E-state index is -1.07. The van der Waals surface area contributed by atoms with Crippen molar-refractivity contribution < 1.29 is 33.3 Å². The standard InChI is InChI=1S/C31H30ClNO7S/c1-2-41-30-25(33-28(34)22-15-9-10-16-23(22)29(33)35)27(38-18-21-13-7-4-8-14-21)26(40-31(32)36)24(39-30)19-37-17-20-11-5-3-6-12-20/h3-16,24-27,30H,2,17-19H2,1H3/t24-,25-,26-,27-,30+/m1/s1. The summed E-state index contributed by atoms with van der Waals surface area (Å²) in [6.07, 6.45) is -2.80. The first-order valence-electron chi connectivity index (χ1n) is 13.3. The van der Waals surface area contributed by atoms with Gasteiger partial charge in [0, 0.05) is 11.6 Å². The molecule has 5 rings (SSSR count). The van der Waals surface area contributed by atoms with Gasteiger partial charge in [-0.05, 0) is 29.0 Å². The lowest BCUT2D eigenvalue weighted by Gasteiger charge is -2.47. The van der Waals surface area contributed by atoms with Gasteiger partial charge in [-0.15, -0.1) is 11.8 Å². The monoisotopic (exact) mass is 595 g/mol. The minimum absolute atomic E-state index is 0.0601. The van der Waals surface area contributed by atoms with Crippen molar-refractivity contribution >= 4 is 40.6 Å². The molecule has 3 aromatic rings. The third-order valence-electron chi connectivity index (χ3n) is 6.98. The predicted molar refractivity (Wildman–Crippen MR) is 155 cm³/mol. The number of ether oxygens (including phenoxy) is 4. The van der Waals surface area contributed by atoms with Crippen molar-refractivity contribution in [1.29, 1.82) is 0 Å². The quantitative estimate of drug-likeness (QED) is 0.207. The molecule has 0 unspecified atom stereocenters. The summed E-state index contributed by atoms with van der Waals surface area (Å²) >= 11 is 7.19. The van der Waals surface area contributed by atoms with Crippen LogP contribution in [0.2, 0.25) is 0 Å². The van der Waals surface area contributed by atoms with Crippen molar-refractivity contribution in [3.05, 3.63) is 107 Å². The van der Waals surface area contributed by atoms with Crippen LogP contribution in [0.4, 0.5) is 4.79 Å². The molecule has 0 bridgehead atoms. The van der Waals surface area contributed by atoms with E-state index >= 15 is 0 Å². The van der Waals surface area contributed by atoms with E-state index in [2.05, 4.69) is 0 Å². The molecule has 2 amide bonds. The summed E-state index contributed by atoms with van der Waals surface area (Å²) in [5.41, 5.74) is 0.709. The number of halogens is 1. The van der Waals surface area contributed by atoms with Crippen LogP contribution in [0.5, 0.6) is 0 Å². The zero-order chi connectivity index (χ0) is 28.8. The number of hydrogen-bond acceptors (Lipinski definition) is 8. The fourth-order valence-corrected chi connectivity index (χ4v) is 6.28. The Hall–Kier alpha value is -3.21. The maximum Gasteiger partial charge on any atom is 0.404 e. The Balaban J connectivity index is 1.49. The van der Waals surface area contributed by atoms with Crippen LogP contribution in [-0.2, 0) is 32.2 Å². The van der Waals surface area contributed by atoms with Gasteiger partial charge in [-0.3, -0.25) is 14.5 Å². The molecule has 41 heavy (non-hydrogen) atoms. The van der Waals surface area contributed by atoms with E-state index in [1.165, 1.54) is 16.7 Å². The van der Waals surface area contributed by atoms with Gasteiger partial charge < -0.3 is 18.9 Å². The van der Waals surface area contributed by atoms with Crippen LogP contribution >= 0.6 is 23.4 Å². The van der Waals surface area contributed by atoms with E-state index in [0.29, 0.717) is 23.5 Å². The lowest BCUT2D eigenvalue weighted by atomic mass is 9.96. The number of carbonyl (C=O) groups excluding carboxylic acids is 3. The van der Waals surface area contributed by atoms with Crippen LogP contribution in [0.1, 0.15) is 38.8 Å². The molecule has 8 nitrogen and oxygen atoms in total. The Bertz CT molecular complexity index is 1320. The van der Waals surface area contributed by atoms with Crippen molar-refractivity contribution in [2.45, 2.75) is 49.9 Å². The fourth-order valence-electron chi connectivity index (χ4n) is 5.15. The molecule has 5 atom stereocenters. The van der Waals surface area contributed by atoms with Gasteiger partial charge in [-0.2, -0.15) is 0 Å². The fraction of sp³-hybridized carbons (Fsp3) is 0.323. The second-order valence-electron chi connectivity index (χ2n) is 9.60. The zero-order valence-electron chi connectivity index (χ0n) is 22.4. The summed E-state index contributed by atoms with van der Waals surface area (Å²) in [5.74, 6) is -0.277. The highest BCUT2D eigenvalue weighted by Crippen LogP contribution is 2.39. The summed E-state index contributed by atoms with van der Waals surface area (Å²) < 4.78 is 24.5. The van der Waals surface area contributed by atoms with Crippen molar-refractivity contribution in [2.24, 2.45) is 0 Å². The molecule has 0 radical (unpaired) electrons. The molecular weight excluding hydrogens is 566 g/mol. The number of amides is 2. The Labute approximate surface area is 247 Å². The molecule has 1 fully saturated rings. The normalized spacial score (nSPS) is 23.9. The molecular formula is C31H30ClNO7S. The average molecular weight is 596 g/mol. The van der Waals surface area contributed by atoms with Gasteiger partial charge in [0.2, 0.25) is 0 Å². The minimum Gasteiger partial charge on any atom is -0.445 e. The average Bonchev–Trinajstić information content (AvgIpc) is 3.23. The van der Waals surface area contributed by atoms with Crippen LogP contribution in [0.3, 0.4) is 0 Å². The molecule has 10 heteroatoms. The molecule has 0 spiro atoms. The molecule has 0 N–H and O–H groups in total. The molecule has 2 heterocycles. The van der Waals surface area contributed by atoms with Crippen LogP contribution in [0.25, 0.3) is 0 Å². The topological polar surface area (TPSA) is 91.4 Å². The molecule has 3 aromatic carbocycles. The molecule has 0 aliphatic carbocycles. The van der Waals surface area contributed by atoms with E-state index < -0.39 is 47.0 Å². The lowest BCUT2D eigenvalue weighted by molar-refractivity contribution is -0.202. The summed E-state index contributed by atoms with van der Waals surface area (Å²) in [5, 5.41) is 0. The highest BCUT2D eigenvalue weighted by molar-refractivity contribution is 7.99. The van der Waals surface area contributed by atoms with Crippen molar-refractivity contribution in [1.82, 2.24) is 4.90 Å². The SMILES string of the molecule is CCS[C@@H]1O[C@H](COCc2ccccc2)[C@@H](OC(=O)Cl)[C@H](OCc2ccccc2)[C@H]1N1C(=O)c2ccccc2C1=O. The number of hydrogen-bond donors (Lipinski definition) is 0. The van der Waals surface area contributed by atoms with Gasteiger partial charge >= 0.3 is 5.43 Å². The number of carbonyl (C=O) groups is 3. The van der Waals surface area contributed by atoms with Crippen molar-refractivity contribution in [3.8, 4) is 0 Å². The third-order valence-corrected chi connectivity index (χ3v) is 8.12. The van der Waals surface area contributed by atoms with Crippen LogP contribution in [0.15, 0.2) is 84.9 Å². The second-order valence-corrected chi connectivity index (χ2v) is 11.3. The molecule has 2 aliphatic heterocycles. The Morgan fingerprint density at radius 2 is 1.41 bits per heavy atom. The summed E-state index contributed by atoms with van der Waals surface area (Å²) in [4.78, 5) is 40.6. The molecule has 1 saturated heterocycles. The maximum atomic E-state index is 13.6. The predicted octanol–water partition coefficient (Wildman–Crippen LogP) is 5.68. The Morgan fingerprint density at radius 1 is 0.854 bits per heavy atom. The summed E-state index contributed by atoms with van der Waals surface area (Å²) in [7, 11) is 0. The second kappa shape index (κ2) is 13.6. The van der Waals surface area contributed by atoms with Gasteiger partial charge in [-0.1, -0.05) is 79.7 Å². The van der Waals surface area contributed by atoms with Gasteiger partial charge in [-0.25, -0.2) is 4.79 Å². The molecule has 0 aromatic heterocycles. The smallest absolute Gasteiger partial charge is 0.404 e. The molecule has 214 valence electrons. The first kappa shape index (κ1) is 29.3. The van der Waals surface area contributed by atoms with E-state index in [-0.39, 0.29) is 13.2 Å². The Morgan fingerprint density at radius 3 is 1.98 bits per heavy atom. The number of benzene rings is 3. The van der Waals surface area contributed by atoms with Crippen molar-refractivity contribution in [2.75, 3.05) is 12.4 Å². The third kappa shape index (κ3) is 6.66. The van der Waals surface area contributed by atoms with Gasteiger partial charge in [0.15, 0.2) is 6.10 Å². The van der Waals surface area contributed by atoms with Crippen LogP contribution in [-0.4, -0.2) is 64.3 Å². The van der Waals surface area contributed by atoms with Gasteiger partial charge in [0.05, 0.1) is 30.9 Å². The van der Waals surface area contributed by atoms with E-state index in [1.54, 1.807) is 24.3 Å². The summed E-state index contributed by atoms with van der Waals surface area (Å²) in [6.45, 7) is 2.47. The largest absolute Gasteiger partial charge is 0.445 e. The molecule has 0 saturated carbocycles. The van der Waals surface area contributed by atoms with E-state index in [1.807, 2.05) is 67.6 Å². The van der Waals surface area contributed by atoms with E-state index in [4.69, 9.17) is 30.5 Å². The first-order valence-corrected chi connectivity index (χ1v) is 14.8. The number of imide groups is 1. The number of nitrogens with zero attached hydrogens (tertiary/aromatic N) is 1. The van der Waals surface area contributed by atoms with Gasteiger partial charge in [0.1, 0.15) is 23.7 Å². The number of thioether (sulfide) groups is 1. The lowest BCUT2D eigenvalue weighted by Crippen LogP contribution is -2.66. The van der Waals surface area contributed by atoms with E-state index in [9.17, 15) is 14.4 Å². The Kier molecular flexibility index (Phi) is 9.74. The van der Waals surface area contributed by atoms with E-state index in [0.717, 1.165) is 11.1 Å². The highest BCUT2D eigenvalue weighted by Gasteiger charge is 2.55.